The lowest BCUT2D eigenvalue weighted by Crippen LogP contribution is -2.43. The summed E-state index contributed by atoms with van der Waals surface area (Å²) in [6.07, 6.45) is 6.10. The van der Waals surface area contributed by atoms with E-state index in [1.807, 2.05) is 6.92 Å². The molecular formula is C24H33IN4O2. The van der Waals surface area contributed by atoms with Crippen LogP contribution in [0.25, 0.3) is 0 Å². The van der Waals surface area contributed by atoms with Gasteiger partial charge >= 0.3 is 0 Å². The number of fused-ring (bicyclic) bond motifs is 5. The van der Waals surface area contributed by atoms with E-state index >= 15 is 0 Å². The average Bonchev–Trinajstić information content (AvgIpc) is 3.37. The lowest BCUT2D eigenvalue weighted by molar-refractivity contribution is -0.140. The highest BCUT2D eigenvalue weighted by molar-refractivity contribution is 14.0. The Morgan fingerprint density at radius 2 is 1.65 bits per heavy atom. The Kier molecular flexibility index (Phi) is 7.78. The highest BCUT2D eigenvalue weighted by Gasteiger charge is 2.58. The molecule has 4 unspecified atom stereocenters. The molecule has 4 rings (SSSR count). The molecule has 0 aromatic heterocycles. The Hall–Kier alpha value is -1.90. The summed E-state index contributed by atoms with van der Waals surface area (Å²) in [6, 6.07) is 6.58. The van der Waals surface area contributed by atoms with Crippen molar-refractivity contribution in [2.24, 2.45) is 28.7 Å². The zero-order valence-corrected chi connectivity index (χ0v) is 20.9. The molecular weight excluding hydrogens is 503 g/mol. The molecule has 1 aromatic carbocycles. The number of carbonyl (C=O) groups is 2. The van der Waals surface area contributed by atoms with Crippen LogP contribution in [-0.4, -0.2) is 48.9 Å². The van der Waals surface area contributed by atoms with Crippen LogP contribution in [0.15, 0.2) is 35.3 Å². The average molecular weight is 536 g/mol. The third-order valence-corrected chi connectivity index (χ3v) is 6.49. The summed E-state index contributed by atoms with van der Waals surface area (Å²) >= 11 is 0. The molecule has 7 heteroatoms. The Labute approximate surface area is 202 Å². The van der Waals surface area contributed by atoms with Gasteiger partial charge in [-0.05, 0) is 51.0 Å². The number of benzene rings is 1. The number of likely N-dealkylation sites (tertiary alicyclic amines) is 1. The van der Waals surface area contributed by atoms with Crippen molar-refractivity contribution in [2.45, 2.75) is 33.6 Å². The maximum absolute atomic E-state index is 12.8. The van der Waals surface area contributed by atoms with Gasteiger partial charge in [0.25, 0.3) is 0 Å². The smallest absolute Gasteiger partial charge is 0.233 e. The van der Waals surface area contributed by atoms with Gasteiger partial charge < -0.3 is 10.6 Å². The zero-order valence-electron chi connectivity index (χ0n) is 18.6. The van der Waals surface area contributed by atoms with Crippen LogP contribution in [0.4, 0.5) is 0 Å². The molecule has 2 amide bonds. The minimum absolute atomic E-state index is 0. The van der Waals surface area contributed by atoms with Crippen LogP contribution in [0.2, 0.25) is 0 Å². The van der Waals surface area contributed by atoms with E-state index in [4.69, 9.17) is 0 Å². The molecule has 1 aromatic rings. The van der Waals surface area contributed by atoms with Gasteiger partial charge in [-0.15, -0.1) is 24.0 Å². The van der Waals surface area contributed by atoms with Gasteiger partial charge in [-0.1, -0.05) is 41.5 Å². The maximum atomic E-state index is 12.8. The van der Waals surface area contributed by atoms with Crippen molar-refractivity contribution in [3.63, 3.8) is 0 Å². The first-order valence-electron chi connectivity index (χ1n) is 11.1. The van der Waals surface area contributed by atoms with E-state index in [-0.39, 0.29) is 59.5 Å². The summed E-state index contributed by atoms with van der Waals surface area (Å²) in [6.45, 7) is 8.60. The lowest BCUT2D eigenvalue weighted by atomic mass is 9.85. The van der Waals surface area contributed by atoms with Crippen LogP contribution in [0.1, 0.15) is 30.0 Å². The third kappa shape index (κ3) is 4.96. The van der Waals surface area contributed by atoms with E-state index in [1.54, 1.807) is 0 Å². The number of allylic oxidation sites excluding steroid dienone is 2. The number of carbonyl (C=O) groups excluding carboxylic acids is 2. The molecule has 2 aliphatic carbocycles. The first kappa shape index (κ1) is 23.8. The van der Waals surface area contributed by atoms with Crippen molar-refractivity contribution in [1.29, 1.82) is 0 Å². The molecule has 1 saturated carbocycles. The van der Waals surface area contributed by atoms with Crippen LogP contribution in [0.3, 0.4) is 0 Å². The van der Waals surface area contributed by atoms with Crippen LogP contribution >= 0.6 is 24.0 Å². The van der Waals surface area contributed by atoms with Crippen molar-refractivity contribution in [1.82, 2.24) is 15.5 Å². The quantitative estimate of drug-likeness (QED) is 0.185. The Balaban J connectivity index is 0.00000272. The summed E-state index contributed by atoms with van der Waals surface area (Å²) < 4.78 is 0. The van der Waals surface area contributed by atoms with Crippen LogP contribution in [-0.2, 0) is 16.0 Å². The van der Waals surface area contributed by atoms with E-state index < -0.39 is 0 Å². The number of guanidine groups is 1. The number of rotatable bonds is 7. The molecule has 2 bridgehead atoms. The second-order valence-electron chi connectivity index (χ2n) is 8.76. The van der Waals surface area contributed by atoms with Gasteiger partial charge in [0.1, 0.15) is 0 Å². The minimum Gasteiger partial charge on any atom is -0.357 e. The highest BCUT2D eigenvalue weighted by Crippen LogP contribution is 2.52. The molecule has 31 heavy (non-hydrogen) atoms. The largest absolute Gasteiger partial charge is 0.357 e. The Morgan fingerprint density at radius 1 is 1.03 bits per heavy atom. The van der Waals surface area contributed by atoms with Gasteiger partial charge in [0.15, 0.2) is 5.96 Å². The van der Waals surface area contributed by atoms with E-state index in [1.165, 1.54) is 21.6 Å². The molecule has 1 heterocycles. The number of aryl methyl sites for hydroxylation is 2. The summed E-state index contributed by atoms with van der Waals surface area (Å²) in [5.74, 6) is 1.04. The molecule has 1 saturated heterocycles. The lowest BCUT2D eigenvalue weighted by Gasteiger charge is -2.18. The van der Waals surface area contributed by atoms with E-state index in [2.05, 4.69) is 59.8 Å². The standard InChI is InChI=1S/C24H32N4O2.HI/c1-4-25-24(26-8-7-17-12-15(2)11-16(3)13-17)27-9-10-28-22(29)20-18-5-6-19(14-18)21(20)23(28)30;/h5-6,11-13,18-21H,4,7-10,14H2,1-3H3,(H2,25,26,27);1H. The summed E-state index contributed by atoms with van der Waals surface area (Å²) in [5, 5.41) is 6.52. The van der Waals surface area contributed by atoms with E-state index in [9.17, 15) is 9.59 Å². The fourth-order valence-electron chi connectivity index (χ4n) is 5.32. The normalized spacial score (nSPS) is 26.3. The first-order valence-corrected chi connectivity index (χ1v) is 11.1. The van der Waals surface area contributed by atoms with Gasteiger partial charge in [0.05, 0.1) is 11.8 Å². The zero-order chi connectivity index (χ0) is 21.3. The minimum atomic E-state index is -0.118. The van der Waals surface area contributed by atoms with Crippen LogP contribution in [0.5, 0.6) is 0 Å². The molecule has 6 nitrogen and oxygen atoms in total. The van der Waals surface area contributed by atoms with E-state index in [0.29, 0.717) is 19.6 Å². The van der Waals surface area contributed by atoms with Crippen molar-refractivity contribution in [3.05, 3.63) is 47.0 Å². The molecule has 4 atom stereocenters. The number of imide groups is 1. The van der Waals surface area contributed by atoms with Crippen molar-refractivity contribution in [3.8, 4) is 0 Å². The Morgan fingerprint density at radius 3 is 2.23 bits per heavy atom. The highest BCUT2D eigenvalue weighted by atomic mass is 127. The second kappa shape index (κ2) is 10.1. The molecule has 0 radical (unpaired) electrons. The Bertz CT molecular complexity index is 847. The maximum Gasteiger partial charge on any atom is 0.233 e. The van der Waals surface area contributed by atoms with Crippen molar-refractivity contribution < 1.29 is 9.59 Å². The van der Waals surface area contributed by atoms with Gasteiger partial charge in [-0.2, -0.15) is 0 Å². The number of hydrogen-bond acceptors (Lipinski definition) is 3. The molecule has 2 fully saturated rings. The number of halogens is 1. The SMILES string of the molecule is CCNC(=NCCc1cc(C)cc(C)c1)NCCN1C(=O)C2C3C=CC(C3)C2C1=O.I. The van der Waals surface area contributed by atoms with Gasteiger partial charge in [0, 0.05) is 26.2 Å². The number of nitrogens with one attached hydrogen (secondary N) is 2. The van der Waals surface area contributed by atoms with Crippen LogP contribution < -0.4 is 10.6 Å². The predicted octanol–water partition coefficient (Wildman–Crippen LogP) is 2.83. The number of nitrogens with zero attached hydrogens (tertiary/aromatic N) is 2. The van der Waals surface area contributed by atoms with Crippen LogP contribution in [0, 0.1) is 37.5 Å². The van der Waals surface area contributed by atoms with Gasteiger partial charge in [-0.25, -0.2) is 0 Å². The predicted molar refractivity (Wildman–Crippen MR) is 133 cm³/mol. The monoisotopic (exact) mass is 536 g/mol. The summed E-state index contributed by atoms with van der Waals surface area (Å²) in [4.78, 5) is 31.7. The fraction of sp³-hybridized carbons (Fsp3) is 0.542. The summed E-state index contributed by atoms with van der Waals surface area (Å²) in [5.41, 5.74) is 3.83. The number of hydrogen-bond donors (Lipinski definition) is 2. The number of amides is 2. The van der Waals surface area contributed by atoms with Crippen molar-refractivity contribution >= 4 is 41.8 Å². The topological polar surface area (TPSA) is 73.8 Å². The van der Waals surface area contributed by atoms with Gasteiger partial charge in [0.2, 0.25) is 11.8 Å². The molecule has 0 spiro atoms. The van der Waals surface area contributed by atoms with Crippen molar-refractivity contribution in [2.75, 3.05) is 26.2 Å². The summed E-state index contributed by atoms with van der Waals surface area (Å²) in [7, 11) is 0. The fourth-order valence-corrected chi connectivity index (χ4v) is 5.32. The second-order valence-corrected chi connectivity index (χ2v) is 8.76. The molecule has 168 valence electrons. The molecule has 1 aliphatic heterocycles. The number of aliphatic imine (C=N–C) groups is 1. The molecule has 2 N–H and O–H groups in total. The van der Waals surface area contributed by atoms with Gasteiger partial charge in [-0.3, -0.25) is 19.5 Å². The molecule has 3 aliphatic rings. The van der Waals surface area contributed by atoms with E-state index in [0.717, 1.165) is 25.3 Å². The first-order chi connectivity index (χ1) is 14.5. The third-order valence-electron chi connectivity index (χ3n) is 6.49.